The second-order valence-electron chi connectivity index (χ2n) is 4.62. The predicted octanol–water partition coefficient (Wildman–Crippen LogP) is 2.81. The fourth-order valence-corrected chi connectivity index (χ4v) is 2.98. The summed E-state index contributed by atoms with van der Waals surface area (Å²) in [6.07, 6.45) is 0. The fourth-order valence-electron chi connectivity index (χ4n) is 1.35. The second-order valence-corrected chi connectivity index (χ2v) is 6.02. The Kier molecular flexibility index (Phi) is 5.52. The normalized spacial score (nSPS) is 13.1. The molecule has 0 spiro atoms. The molecule has 0 aliphatic heterocycles. The maximum atomic E-state index is 12.1. The third-order valence-electron chi connectivity index (χ3n) is 2.55. The van der Waals surface area contributed by atoms with E-state index < -0.39 is 0 Å². The Bertz CT molecular complexity index is 379. The number of nitrogens with zero attached hydrogens (tertiary/aromatic N) is 2. The smallest absolute Gasteiger partial charge is 0.265 e. The van der Waals surface area contributed by atoms with Crippen LogP contribution >= 0.6 is 27.5 Å². The van der Waals surface area contributed by atoms with Crippen LogP contribution in [0.25, 0.3) is 0 Å². The maximum Gasteiger partial charge on any atom is 0.265 e. The number of carbonyl (C=O) groups excluding carboxylic acids is 1. The maximum absolute atomic E-state index is 12.1. The van der Waals surface area contributed by atoms with Crippen molar-refractivity contribution in [3.63, 3.8) is 0 Å². The number of hydrogen-bond donors (Lipinski definition) is 1. The topological polar surface area (TPSA) is 54.9 Å². The lowest BCUT2D eigenvalue weighted by molar-refractivity contribution is 0.0934. The van der Waals surface area contributed by atoms with E-state index in [-0.39, 0.29) is 17.9 Å². The largest absolute Gasteiger partial charge is 0.347 e. The first-order chi connectivity index (χ1) is 7.97. The van der Waals surface area contributed by atoms with Crippen molar-refractivity contribution in [1.82, 2.24) is 14.9 Å². The number of aromatic nitrogens is 2. The first-order valence-electron chi connectivity index (χ1n) is 5.66. The molecule has 0 saturated heterocycles. The number of hydrogen-bond acceptors (Lipinski definition) is 4. The molecule has 1 aromatic heterocycles. The molecule has 96 valence electrons. The molecule has 0 aliphatic carbocycles. The highest BCUT2D eigenvalue weighted by Crippen LogP contribution is 2.20. The third-order valence-corrected chi connectivity index (χ3v) is 3.99. The van der Waals surface area contributed by atoms with Crippen molar-refractivity contribution < 1.29 is 4.79 Å². The van der Waals surface area contributed by atoms with Gasteiger partial charge in [-0.05, 0) is 23.4 Å². The van der Waals surface area contributed by atoms with Crippen molar-refractivity contribution in [1.29, 1.82) is 0 Å². The Balaban J connectivity index is 2.79. The summed E-state index contributed by atoms with van der Waals surface area (Å²) in [5, 5.41) is 7.77. The molecule has 1 N–H and O–H groups in total. The highest BCUT2D eigenvalue weighted by molar-refractivity contribution is 9.09. The summed E-state index contributed by atoms with van der Waals surface area (Å²) in [5.41, 5.74) is 0.782. The van der Waals surface area contributed by atoms with Crippen molar-refractivity contribution in [2.75, 3.05) is 5.33 Å². The standard InChI is InChI=1S/C11H18BrN3OS/c1-6(2)8(5-12)13-11(16)10-9(7(3)4)14-15-17-10/h6-8H,5H2,1-4H3,(H,13,16). The van der Waals surface area contributed by atoms with Crippen molar-refractivity contribution in [3.8, 4) is 0 Å². The van der Waals surface area contributed by atoms with E-state index in [2.05, 4.69) is 44.7 Å². The molecule has 0 fully saturated rings. The third kappa shape index (κ3) is 3.74. The summed E-state index contributed by atoms with van der Waals surface area (Å²) in [6, 6.07) is 0.129. The molecular weight excluding hydrogens is 302 g/mol. The second kappa shape index (κ2) is 6.44. The van der Waals surface area contributed by atoms with E-state index in [1.807, 2.05) is 13.8 Å². The molecule has 1 rings (SSSR count). The highest BCUT2D eigenvalue weighted by Gasteiger charge is 2.22. The van der Waals surface area contributed by atoms with E-state index in [1.165, 1.54) is 0 Å². The van der Waals surface area contributed by atoms with E-state index in [4.69, 9.17) is 0 Å². The van der Waals surface area contributed by atoms with E-state index in [9.17, 15) is 4.79 Å². The number of halogens is 1. The fraction of sp³-hybridized carbons (Fsp3) is 0.727. The number of alkyl halides is 1. The van der Waals surface area contributed by atoms with Crippen LogP contribution in [0.1, 0.15) is 49.0 Å². The van der Waals surface area contributed by atoms with Gasteiger partial charge >= 0.3 is 0 Å². The minimum atomic E-state index is -0.0677. The Morgan fingerprint density at radius 2 is 2.06 bits per heavy atom. The van der Waals surface area contributed by atoms with E-state index in [1.54, 1.807) is 0 Å². The van der Waals surface area contributed by atoms with Crippen LogP contribution in [0.3, 0.4) is 0 Å². The van der Waals surface area contributed by atoms with Gasteiger partial charge in [0.1, 0.15) is 4.88 Å². The highest BCUT2D eigenvalue weighted by atomic mass is 79.9. The molecule has 0 saturated carbocycles. The van der Waals surface area contributed by atoms with Crippen LogP contribution in [0, 0.1) is 5.92 Å². The van der Waals surface area contributed by atoms with Crippen molar-refractivity contribution in [3.05, 3.63) is 10.6 Å². The van der Waals surface area contributed by atoms with Gasteiger partial charge in [0.25, 0.3) is 5.91 Å². The average Bonchev–Trinajstić information content (AvgIpc) is 2.73. The lowest BCUT2D eigenvalue weighted by Gasteiger charge is -2.19. The van der Waals surface area contributed by atoms with Gasteiger partial charge in [-0.1, -0.05) is 48.1 Å². The minimum absolute atomic E-state index is 0.0677. The van der Waals surface area contributed by atoms with Crippen LogP contribution in [0.5, 0.6) is 0 Å². The van der Waals surface area contributed by atoms with Gasteiger partial charge in [-0.15, -0.1) is 5.10 Å². The summed E-state index contributed by atoms with van der Waals surface area (Å²) in [6.45, 7) is 8.19. The van der Waals surface area contributed by atoms with Crippen molar-refractivity contribution >= 4 is 33.4 Å². The van der Waals surface area contributed by atoms with Crippen molar-refractivity contribution in [2.24, 2.45) is 5.92 Å². The number of carbonyl (C=O) groups is 1. The molecule has 0 bridgehead atoms. The molecule has 0 aromatic carbocycles. The molecule has 0 radical (unpaired) electrons. The zero-order valence-electron chi connectivity index (χ0n) is 10.5. The SMILES string of the molecule is CC(C)c1nnsc1C(=O)NC(CBr)C(C)C. The molecular formula is C11H18BrN3OS. The Hall–Kier alpha value is -0.490. The van der Waals surface area contributed by atoms with Crippen LogP contribution < -0.4 is 5.32 Å². The lowest BCUT2D eigenvalue weighted by Crippen LogP contribution is -2.39. The van der Waals surface area contributed by atoms with Crippen LogP contribution in [0.2, 0.25) is 0 Å². The molecule has 0 aliphatic rings. The van der Waals surface area contributed by atoms with Gasteiger partial charge in [0.05, 0.1) is 5.69 Å². The van der Waals surface area contributed by atoms with Gasteiger partial charge in [-0.2, -0.15) is 0 Å². The minimum Gasteiger partial charge on any atom is -0.347 e. The van der Waals surface area contributed by atoms with E-state index >= 15 is 0 Å². The number of amides is 1. The van der Waals surface area contributed by atoms with Crippen LogP contribution in [0.15, 0.2) is 0 Å². The van der Waals surface area contributed by atoms with Crippen LogP contribution in [-0.4, -0.2) is 26.9 Å². The lowest BCUT2D eigenvalue weighted by atomic mass is 10.1. The molecule has 1 unspecified atom stereocenters. The number of nitrogens with one attached hydrogen (secondary N) is 1. The number of rotatable bonds is 5. The zero-order valence-corrected chi connectivity index (χ0v) is 12.9. The quantitative estimate of drug-likeness (QED) is 0.849. The first-order valence-corrected chi connectivity index (χ1v) is 7.55. The average molecular weight is 320 g/mol. The first kappa shape index (κ1) is 14.6. The van der Waals surface area contributed by atoms with Gasteiger partial charge in [0.15, 0.2) is 0 Å². The Morgan fingerprint density at radius 3 is 2.53 bits per heavy atom. The molecule has 1 atom stereocenters. The van der Waals surface area contributed by atoms with Crippen molar-refractivity contribution in [2.45, 2.75) is 39.7 Å². The monoisotopic (exact) mass is 319 g/mol. The molecule has 4 nitrogen and oxygen atoms in total. The van der Waals surface area contributed by atoms with Crippen LogP contribution in [-0.2, 0) is 0 Å². The van der Waals surface area contributed by atoms with Gasteiger partial charge in [0, 0.05) is 11.4 Å². The molecule has 1 aromatic rings. The Labute approximate surface area is 114 Å². The summed E-state index contributed by atoms with van der Waals surface area (Å²) >= 11 is 4.57. The van der Waals surface area contributed by atoms with Gasteiger partial charge in [0.2, 0.25) is 0 Å². The summed E-state index contributed by atoms with van der Waals surface area (Å²) < 4.78 is 3.86. The summed E-state index contributed by atoms with van der Waals surface area (Å²) in [7, 11) is 0. The van der Waals surface area contributed by atoms with Gasteiger partial charge in [-0.3, -0.25) is 4.79 Å². The molecule has 1 amide bonds. The van der Waals surface area contributed by atoms with Crippen LogP contribution in [0.4, 0.5) is 0 Å². The zero-order chi connectivity index (χ0) is 13.0. The molecule has 1 heterocycles. The van der Waals surface area contributed by atoms with E-state index in [0.717, 1.165) is 22.6 Å². The van der Waals surface area contributed by atoms with E-state index in [0.29, 0.717) is 10.8 Å². The summed E-state index contributed by atoms with van der Waals surface area (Å²) in [5.74, 6) is 0.541. The van der Waals surface area contributed by atoms with Gasteiger partial charge < -0.3 is 5.32 Å². The predicted molar refractivity (Wildman–Crippen MR) is 73.9 cm³/mol. The Morgan fingerprint density at radius 1 is 1.41 bits per heavy atom. The van der Waals surface area contributed by atoms with Gasteiger partial charge in [-0.25, -0.2) is 0 Å². The molecule has 6 heteroatoms. The molecule has 17 heavy (non-hydrogen) atoms. The summed E-state index contributed by atoms with van der Waals surface area (Å²) in [4.78, 5) is 12.7.